The van der Waals surface area contributed by atoms with Crippen molar-refractivity contribution in [3.05, 3.63) is 66.2 Å². The van der Waals surface area contributed by atoms with Crippen molar-refractivity contribution in [2.24, 2.45) is 5.92 Å². The molecule has 1 N–H and O–H groups in total. The summed E-state index contributed by atoms with van der Waals surface area (Å²) in [7, 11) is 2.20. The van der Waals surface area contributed by atoms with Crippen molar-refractivity contribution >= 4 is 17.7 Å². The Morgan fingerprint density at radius 1 is 0.914 bits per heavy atom. The van der Waals surface area contributed by atoms with Gasteiger partial charge in [-0.3, -0.25) is 9.69 Å². The molecule has 0 saturated carbocycles. The van der Waals surface area contributed by atoms with Gasteiger partial charge in [0.05, 0.1) is 0 Å². The molecule has 7 nitrogen and oxygen atoms in total. The zero-order chi connectivity index (χ0) is 24.5. The molecular formula is C28H38N4O3. The van der Waals surface area contributed by atoms with Crippen molar-refractivity contribution in [1.82, 2.24) is 15.1 Å². The highest BCUT2D eigenvalue weighted by molar-refractivity contribution is 5.94. The number of hydrogen-bond acceptors (Lipinski definition) is 5. The van der Waals surface area contributed by atoms with Crippen LogP contribution < -0.4 is 10.2 Å². The second-order valence-corrected chi connectivity index (χ2v) is 9.78. The Bertz CT molecular complexity index is 924. The summed E-state index contributed by atoms with van der Waals surface area (Å²) in [5.41, 5.74) is 1.55. The molecule has 2 aliphatic heterocycles. The van der Waals surface area contributed by atoms with Crippen LogP contribution in [-0.2, 0) is 16.1 Å². The smallest absolute Gasteiger partial charge is 0.415 e. The van der Waals surface area contributed by atoms with Gasteiger partial charge in [0, 0.05) is 18.3 Å². The highest BCUT2D eigenvalue weighted by Gasteiger charge is 2.28. The van der Waals surface area contributed by atoms with Crippen LogP contribution in [-0.4, -0.2) is 74.2 Å². The van der Waals surface area contributed by atoms with E-state index in [1.54, 1.807) is 0 Å². The number of carbonyl (C=O) groups is 2. The molecule has 0 unspecified atom stereocenters. The molecule has 188 valence electrons. The number of benzene rings is 2. The maximum atomic E-state index is 12.9. The van der Waals surface area contributed by atoms with Crippen molar-refractivity contribution in [2.45, 2.75) is 38.3 Å². The Hall–Kier alpha value is -2.90. The largest absolute Gasteiger partial charge is 0.444 e. The maximum absolute atomic E-state index is 12.9. The molecule has 0 aliphatic carbocycles. The summed E-state index contributed by atoms with van der Waals surface area (Å²) in [6.45, 7) is 5.35. The van der Waals surface area contributed by atoms with Gasteiger partial charge in [-0.2, -0.15) is 0 Å². The van der Waals surface area contributed by atoms with Crippen molar-refractivity contribution in [1.29, 1.82) is 0 Å². The maximum Gasteiger partial charge on any atom is 0.415 e. The Morgan fingerprint density at radius 3 is 2.20 bits per heavy atom. The SMILES string of the molecule is CN1CCC(N2CCC(CNC(=O)CN(C(=O)OCc3ccccc3)c3ccccc3)CC2)CC1. The first kappa shape index (κ1) is 25.2. The summed E-state index contributed by atoms with van der Waals surface area (Å²) in [4.78, 5) is 32.2. The lowest BCUT2D eigenvalue weighted by atomic mass is 9.93. The van der Waals surface area contributed by atoms with Crippen LogP contribution in [0.1, 0.15) is 31.2 Å². The number of piperidine rings is 2. The molecule has 2 aliphatic rings. The van der Waals surface area contributed by atoms with Crippen LogP contribution in [0.3, 0.4) is 0 Å². The first-order valence-corrected chi connectivity index (χ1v) is 12.8. The normalized spacial score (nSPS) is 18.2. The van der Waals surface area contributed by atoms with Crippen LogP contribution in [0.25, 0.3) is 0 Å². The van der Waals surface area contributed by atoms with Gasteiger partial charge in [-0.15, -0.1) is 0 Å². The topological polar surface area (TPSA) is 65.1 Å². The number of rotatable bonds is 8. The van der Waals surface area contributed by atoms with Crippen molar-refractivity contribution in [3.63, 3.8) is 0 Å². The van der Waals surface area contributed by atoms with Gasteiger partial charge >= 0.3 is 6.09 Å². The summed E-state index contributed by atoms with van der Waals surface area (Å²) in [6, 6.07) is 19.5. The van der Waals surface area contributed by atoms with Crippen molar-refractivity contribution in [3.8, 4) is 0 Å². The zero-order valence-electron chi connectivity index (χ0n) is 20.8. The lowest BCUT2D eigenvalue weighted by Crippen LogP contribution is -2.48. The fourth-order valence-electron chi connectivity index (χ4n) is 5.01. The van der Waals surface area contributed by atoms with Crippen LogP contribution in [0.15, 0.2) is 60.7 Å². The van der Waals surface area contributed by atoms with Gasteiger partial charge < -0.3 is 19.9 Å². The molecule has 2 heterocycles. The summed E-state index contributed by atoms with van der Waals surface area (Å²) in [6.07, 6.45) is 4.20. The van der Waals surface area contributed by atoms with Gasteiger partial charge in [-0.05, 0) is 82.5 Å². The Morgan fingerprint density at radius 2 is 1.54 bits per heavy atom. The quantitative estimate of drug-likeness (QED) is 0.626. The highest BCUT2D eigenvalue weighted by atomic mass is 16.6. The Kier molecular flexibility index (Phi) is 9.15. The molecule has 4 rings (SSSR count). The second kappa shape index (κ2) is 12.7. The number of para-hydroxylation sites is 1. The molecule has 0 aromatic heterocycles. The minimum absolute atomic E-state index is 0.0634. The lowest BCUT2D eigenvalue weighted by molar-refractivity contribution is -0.120. The third-order valence-corrected chi connectivity index (χ3v) is 7.24. The second-order valence-electron chi connectivity index (χ2n) is 9.78. The molecular weight excluding hydrogens is 440 g/mol. The third kappa shape index (κ3) is 7.54. The Labute approximate surface area is 209 Å². The van der Waals surface area contributed by atoms with Crippen LogP contribution in [0, 0.1) is 5.92 Å². The summed E-state index contributed by atoms with van der Waals surface area (Å²) >= 11 is 0. The number of hydrogen-bond donors (Lipinski definition) is 1. The Balaban J connectivity index is 1.24. The van der Waals surface area contributed by atoms with E-state index >= 15 is 0 Å². The van der Waals surface area contributed by atoms with E-state index in [1.165, 1.54) is 30.8 Å². The summed E-state index contributed by atoms with van der Waals surface area (Å²) in [5.74, 6) is 0.319. The lowest BCUT2D eigenvalue weighted by Gasteiger charge is -2.41. The first-order chi connectivity index (χ1) is 17.1. The fourth-order valence-corrected chi connectivity index (χ4v) is 5.01. The molecule has 2 aromatic carbocycles. The van der Waals surface area contributed by atoms with Crippen molar-refractivity contribution in [2.75, 3.05) is 51.2 Å². The van der Waals surface area contributed by atoms with E-state index < -0.39 is 6.09 Å². The molecule has 0 radical (unpaired) electrons. The summed E-state index contributed by atoms with van der Waals surface area (Å²) < 4.78 is 5.51. The minimum atomic E-state index is -0.526. The molecule has 0 spiro atoms. The van der Waals surface area contributed by atoms with Crippen LogP contribution in [0.4, 0.5) is 10.5 Å². The van der Waals surface area contributed by atoms with E-state index in [2.05, 4.69) is 22.2 Å². The molecule has 0 bridgehead atoms. The van der Waals surface area contributed by atoms with E-state index in [0.717, 1.165) is 31.5 Å². The van der Waals surface area contributed by atoms with Gasteiger partial charge in [0.2, 0.25) is 5.91 Å². The predicted octanol–water partition coefficient (Wildman–Crippen LogP) is 3.75. The van der Waals surface area contributed by atoms with Gasteiger partial charge in [-0.1, -0.05) is 48.5 Å². The van der Waals surface area contributed by atoms with Crippen LogP contribution in [0.2, 0.25) is 0 Å². The average Bonchev–Trinajstić information content (AvgIpc) is 2.91. The number of ether oxygens (including phenoxy) is 1. The number of anilines is 1. The van der Waals surface area contributed by atoms with E-state index in [4.69, 9.17) is 4.74 Å². The molecule has 35 heavy (non-hydrogen) atoms. The molecule has 2 aromatic rings. The number of carbonyl (C=O) groups excluding carboxylic acids is 2. The van der Waals surface area contributed by atoms with Gasteiger partial charge in [0.15, 0.2) is 0 Å². The zero-order valence-corrected chi connectivity index (χ0v) is 20.8. The molecule has 7 heteroatoms. The van der Waals surface area contributed by atoms with Gasteiger partial charge in [-0.25, -0.2) is 4.79 Å². The van der Waals surface area contributed by atoms with E-state index in [0.29, 0.717) is 24.2 Å². The van der Waals surface area contributed by atoms with Crippen molar-refractivity contribution < 1.29 is 14.3 Å². The minimum Gasteiger partial charge on any atom is -0.444 e. The van der Waals surface area contributed by atoms with Crippen LogP contribution in [0.5, 0.6) is 0 Å². The van der Waals surface area contributed by atoms with E-state index in [1.807, 2.05) is 60.7 Å². The van der Waals surface area contributed by atoms with E-state index in [9.17, 15) is 9.59 Å². The summed E-state index contributed by atoms with van der Waals surface area (Å²) in [5, 5.41) is 3.07. The van der Waals surface area contributed by atoms with E-state index in [-0.39, 0.29) is 19.1 Å². The molecule has 2 amide bonds. The fraction of sp³-hybridized carbons (Fsp3) is 0.500. The average molecular weight is 479 g/mol. The number of likely N-dealkylation sites (tertiary alicyclic amines) is 2. The number of amides is 2. The number of nitrogens with zero attached hydrogens (tertiary/aromatic N) is 3. The standard InChI is InChI=1S/C28H38N4O3/c1-30-16-14-25(15-17-30)31-18-12-23(13-19-31)20-29-27(33)21-32(26-10-6-3-7-11-26)28(34)35-22-24-8-4-2-5-9-24/h2-11,23,25H,12-22H2,1H3,(H,29,33). The van der Waals surface area contributed by atoms with Gasteiger partial charge in [0.1, 0.15) is 13.2 Å². The molecule has 0 atom stereocenters. The first-order valence-electron chi connectivity index (χ1n) is 12.8. The monoisotopic (exact) mass is 478 g/mol. The third-order valence-electron chi connectivity index (χ3n) is 7.24. The predicted molar refractivity (Wildman–Crippen MR) is 138 cm³/mol. The molecule has 2 saturated heterocycles. The van der Waals surface area contributed by atoms with Crippen LogP contribution >= 0.6 is 0 Å². The molecule has 2 fully saturated rings. The number of nitrogens with one attached hydrogen (secondary N) is 1. The highest BCUT2D eigenvalue weighted by Crippen LogP contribution is 2.23. The van der Waals surface area contributed by atoms with Gasteiger partial charge in [0.25, 0.3) is 0 Å².